The normalized spacial score (nSPS) is 13.0. The van der Waals surface area contributed by atoms with Crippen molar-refractivity contribution < 1.29 is 18.6 Å². The molecule has 1 aliphatic rings. The molecule has 1 aromatic heterocycles. The van der Waals surface area contributed by atoms with Crippen molar-refractivity contribution in [2.75, 3.05) is 13.2 Å². The summed E-state index contributed by atoms with van der Waals surface area (Å²) in [4.78, 5) is 13.5. The average Bonchev–Trinajstić information content (AvgIpc) is 3.09. The van der Waals surface area contributed by atoms with Crippen molar-refractivity contribution in [3.63, 3.8) is 0 Å². The highest BCUT2D eigenvalue weighted by atomic mass is 16.5. The van der Waals surface area contributed by atoms with E-state index in [4.69, 9.17) is 18.6 Å². The van der Waals surface area contributed by atoms with E-state index < -0.39 is 0 Å². The zero-order valence-corrected chi connectivity index (χ0v) is 19.6. The summed E-state index contributed by atoms with van der Waals surface area (Å²) in [6.07, 6.45) is 4.11. The number of hydrogen-bond donors (Lipinski definition) is 0. The van der Waals surface area contributed by atoms with E-state index in [9.17, 15) is 4.79 Å². The Hall–Kier alpha value is -3.73. The van der Waals surface area contributed by atoms with Crippen LogP contribution in [0.2, 0.25) is 0 Å². The van der Waals surface area contributed by atoms with Crippen LogP contribution in [0.25, 0.3) is 22.1 Å². The number of hydrogen-bond acceptors (Lipinski definition) is 5. The van der Waals surface area contributed by atoms with Crippen molar-refractivity contribution in [1.82, 2.24) is 0 Å². The Morgan fingerprint density at radius 3 is 2.53 bits per heavy atom. The zero-order valence-electron chi connectivity index (χ0n) is 19.6. The molecule has 2 heterocycles. The second kappa shape index (κ2) is 9.64. The Bertz CT molecular complexity index is 1370. The first-order chi connectivity index (χ1) is 16.6. The van der Waals surface area contributed by atoms with Crippen molar-refractivity contribution in [1.29, 1.82) is 0 Å². The maximum Gasteiger partial charge on any atom is 0.200 e. The molecule has 0 saturated carbocycles. The molecule has 0 saturated heterocycles. The molecule has 34 heavy (non-hydrogen) atoms. The molecular formula is C29H28O5. The number of rotatable bonds is 6. The molecule has 0 aliphatic carbocycles. The summed E-state index contributed by atoms with van der Waals surface area (Å²) in [5.41, 5.74) is 5.01. The Labute approximate surface area is 198 Å². The van der Waals surface area contributed by atoms with E-state index in [-0.39, 0.29) is 5.43 Å². The van der Waals surface area contributed by atoms with Crippen LogP contribution in [-0.4, -0.2) is 13.2 Å². The topological polar surface area (TPSA) is 57.9 Å². The maximum absolute atomic E-state index is 13.5. The second-order valence-electron chi connectivity index (χ2n) is 8.67. The van der Waals surface area contributed by atoms with Gasteiger partial charge in [-0.2, -0.15) is 0 Å². The fourth-order valence-corrected chi connectivity index (χ4v) is 4.18. The van der Waals surface area contributed by atoms with Crippen LogP contribution in [0.15, 0.2) is 70.1 Å². The summed E-state index contributed by atoms with van der Waals surface area (Å²) in [6.45, 7) is 5.86. The molecule has 0 bridgehead atoms. The molecule has 0 spiro atoms. The van der Waals surface area contributed by atoms with Gasteiger partial charge in [0.2, 0.25) is 5.43 Å². The van der Waals surface area contributed by atoms with Crippen LogP contribution in [0.3, 0.4) is 0 Å². The Morgan fingerprint density at radius 2 is 1.74 bits per heavy atom. The standard InChI is InChI=1S/C29H28O5/c1-3-5-22-14-23-27(16-26(22)33-17-20-8-6-19(2)7-9-20)34-18-24(29(23)30)21-10-11-25-28(15-21)32-13-4-12-31-25/h6-11,14-16,18H,3-5,12-13,17H2,1-2H3. The van der Waals surface area contributed by atoms with Crippen molar-refractivity contribution in [2.45, 2.75) is 39.7 Å². The maximum atomic E-state index is 13.5. The van der Waals surface area contributed by atoms with Gasteiger partial charge in [0.05, 0.1) is 24.2 Å². The first-order valence-corrected chi connectivity index (χ1v) is 11.8. The van der Waals surface area contributed by atoms with Crippen molar-refractivity contribution >= 4 is 11.0 Å². The molecule has 0 amide bonds. The minimum Gasteiger partial charge on any atom is -0.490 e. The van der Waals surface area contributed by atoms with E-state index in [2.05, 4.69) is 38.1 Å². The summed E-state index contributed by atoms with van der Waals surface area (Å²) in [6, 6.07) is 17.6. The zero-order chi connectivity index (χ0) is 23.5. The predicted molar refractivity (Wildman–Crippen MR) is 133 cm³/mol. The van der Waals surface area contributed by atoms with Crippen LogP contribution in [0.4, 0.5) is 0 Å². The highest BCUT2D eigenvalue weighted by Gasteiger charge is 2.17. The lowest BCUT2D eigenvalue weighted by molar-refractivity contribution is 0.297. The minimum atomic E-state index is -0.0711. The highest BCUT2D eigenvalue weighted by Crippen LogP contribution is 2.34. The van der Waals surface area contributed by atoms with Gasteiger partial charge in [-0.25, -0.2) is 0 Å². The smallest absolute Gasteiger partial charge is 0.200 e. The van der Waals surface area contributed by atoms with Crippen LogP contribution in [0.5, 0.6) is 17.2 Å². The molecule has 0 N–H and O–H groups in total. The summed E-state index contributed by atoms with van der Waals surface area (Å²) in [5, 5.41) is 0.552. The predicted octanol–water partition coefficient (Wildman–Crippen LogP) is 6.46. The summed E-state index contributed by atoms with van der Waals surface area (Å²) >= 11 is 0. The molecule has 0 radical (unpaired) electrons. The van der Waals surface area contributed by atoms with Gasteiger partial charge in [0.15, 0.2) is 11.5 Å². The number of ether oxygens (including phenoxy) is 3. The van der Waals surface area contributed by atoms with Gasteiger partial charge < -0.3 is 18.6 Å². The second-order valence-corrected chi connectivity index (χ2v) is 8.67. The molecule has 0 fully saturated rings. The van der Waals surface area contributed by atoms with E-state index in [1.165, 1.54) is 11.8 Å². The van der Waals surface area contributed by atoms with Crippen LogP contribution in [0, 0.1) is 6.92 Å². The van der Waals surface area contributed by atoms with Gasteiger partial charge in [-0.05, 0) is 48.2 Å². The third-order valence-corrected chi connectivity index (χ3v) is 6.05. The molecule has 0 unspecified atom stereocenters. The van der Waals surface area contributed by atoms with E-state index in [0.717, 1.165) is 41.7 Å². The summed E-state index contributed by atoms with van der Waals surface area (Å²) in [5.74, 6) is 2.11. The van der Waals surface area contributed by atoms with Crippen LogP contribution < -0.4 is 19.6 Å². The SMILES string of the molecule is CCCc1cc2c(=O)c(-c3ccc4c(c3)OCCCO4)coc2cc1OCc1ccc(C)cc1. The molecule has 174 valence electrons. The van der Waals surface area contributed by atoms with Crippen molar-refractivity contribution in [3.05, 3.63) is 87.8 Å². The Kier molecular flexibility index (Phi) is 6.26. The molecule has 0 atom stereocenters. The number of fused-ring (bicyclic) bond motifs is 2. The van der Waals surface area contributed by atoms with E-state index in [0.29, 0.717) is 47.9 Å². The molecule has 3 aromatic carbocycles. The largest absolute Gasteiger partial charge is 0.490 e. The quantitative estimate of drug-likeness (QED) is 0.333. The molecular weight excluding hydrogens is 428 g/mol. The minimum absolute atomic E-state index is 0.0711. The molecule has 4 aromatic rings. The van der Waals surface area contributed by atoms with Gasteiger partial charge >= 0.3 is 0 Å². The third-order valence-electron chi connectivity index (χ3n) is 6.05. The average molecular weight is 457 g/mol. The van der Waals surface area contributed by atoms with Crippen molar-refractivity contribution in [2.24, 2.45) is 0 Å². The molecule has 5 nitrogen and oxygen atoms in total. The first-order valence-electron chi connectivity index (χ1n) is 11.8. The summed E-state index contributed by atoms with van der Waals surface area (Å²) < 4.78 is 23.6. The highest BCUT2D eigenvalue weighted by molar-refractivity contribution is 5.84. The summed E-state index contributed by atoms with van der Waals surface area (Å²) in [7, 11) is 0. The number of aryl methyl sites for hydroxylation is 2. The fraction of sp³-hybridized carbons (Fsp3) is 0.276. The lowest BCUT2D eigenvalue weighted by Crippen LogP contribution is -2.07. The molecule has 5 heteroatoms. The van der Waals surface area contributed by atoms with E-state index in [1.807, 2.05) is 30.3 Å². The molecule has 1 aliphatic heterocycles. The van der Waals surface area contributed by atoms with E-state index in [1.54, 1.807) is 0 Å². The fourth-order valence-electron chi connectivity index (χ4n) is 4.18. The van der Waals surface area contributed by atoms with Crippen molar-refractivity contribution in [3.8, 4) is 28.4 Å². The Morgan fingerprint density at radius 1 is 0.941 bits per heavy atom. The third kappa shape index (κ3) is 4.51. The van der Waals surface area contributed by atoms with E-state index >= 15 is 0 Å². The number of benzene rings is 3. The Balaban J connectivity index is 1.50. The van der Waals surface area contributed by atoms with Crippen LogP contribution >= 0.6 is 0 Å². The van der Waals surface area contributed by atoms with Gasteiger partial charge in [-0.3, -0.25) is 4.79 Å². The van der Waals surface area contributed by atoms with Gasteiger partial charge in [0, 0.05) is 12.5 Å². The lowest BCUT2D eigenvalue weighted by atomic mass is 10.0. The molecule has 5 rings (SSSR count). The van der Waals surface area contributed by atoms with Gasteiger partial charge in [-0.15, -0.1) is 0 Å². The van der Waals surface area contributed by atoms with Gasteiger partial charge in [0.1, 0.15) is 24.2 Å². The van der Waals surface area contributed by atoms with Crippen LogP contribution in [-0.2, 0) is 13.0 Å². The van der Waals surface area contributed by atoms with Gasteiger partial charge in [0.25, 0.3) is 0 Å². The van der Waals surface area contributed by atoms with Crippen LogP contribution in [0.1, 0.15) is 36.5 Å². The monoisotopic (exact) mass is 456 g/mol. The lowest BCUT2D eigenvalue weighted by Gasteiger charge is -2.13. The first kappa shape index (κ1) is 22.1. The van der Waals surface area contributed by atoms with Gasteiger partial charge in [-0.1, -0.05) is 49.2 Å².